The van der Waals surface area contributed by atoms with Crippen LogP contribution in [0.4, 0.5) is 13.2 Å². The lowest BCUT2D eigenvalue weighted by atomic mass is 10.1. The van der Waals surface area contributed by atoms with Gasteiger partial charge < -0.3 is 4.90 Å². The van der Waals surface area contributed by atoms with E-state index in [-0.39, 0.29) is 23.3 Å². The van der Waals surface area contributed by atoms with Crippen molar-refractivity contribution >= 4 is 12.6 Å². The van der Waals surface area contributed by atoms with Crippen LogP contribution in [0, 0.1) is 0 Å². The van der Waals surface area contributed by atoms with Gasteiger partial charge in [-0.05, 0) is 37.8 Å². The van der Waals surface area contributed by atoms with Gasteiger partial charge >= 0.3 is 6.18 Å². The van der Waals surface area contributed by atoms with Gasteiger partial charge in [-0.15, -0.1) is 0 Å². The van der Waals surface area contributed by atoms with Crippen molar-refractivity contribution in [1.29, 1.82) is 0 Å². The van der Waals surface area contributed by atoms with Crippen molar-refractivity contribution in [1.82, 2.24) is 20.0 Å². The summed E-state index contributed by atoms with van der Waals surface area (Å²) < 4.78 is 40.3. The highest BCUT2D eigenvalue weighted by molar-refractivity contribution is 7.81. The molecule has 1 heterocycles. The summed E-state index contributed by atoms with van der Waals surface area (Å²) in [6, 6.07) is -0.278. The lowest BCUT2D eigenvalue weighted by molar-refractivity contribution is -0.139. The molecule has 2 rings (SSSR count). The molecule has 0 bridgehead atoms. The molecule has 0 saturated carbocycles. The number of rotatable bonds is 12. The summed E-state index contributed by atoms with van der Waals surface area (Å²) in [4.78, 5) is 16.2. The standard InChI is InChI=1S/C22H35F3N4OS/c1-5-8-9-13-29(12-6-2)15(4)18(31)14-28(7-3)17-11-10-16-19(22(23,24)25)21(30)27-26-20(16)17/h17-18,31H,4-14H2,1-3H3,(H,27,30). The van der Waals surface area contributed by atoms with Gasteiger partial charge in [0.15, 0.2) is 0 Å². The molecule has 31 heavy (non-hydrogen) atoms. The van der Waals surface area contributed by atoms with E-state index < -0.39 is 17.3 Å². The maximum atomic E-state index is 13.4. The van der Waals surface area contributed by atoms with Crippen molar-refractivity contribution in [2.75, 3.05) is 26.2 Å². The number of unbranched alkanes of at least 4 members (excludes halogenated alkanes) is 2. The number of fused-ring (bicyclic) bond motifs is 1. The predicted octanol–water partition coefficient (Wildman–Crippen LogP) is 4.81. The number of H-pyrrole nitrogens is 1. The van der Waals surface area contributed by atoms with Crippen LogP contribution in [0.2, 0.25) is 0 Å². The van der Waals surface area contributed by atoms with E-state index in [0.717, 1.165) is 44.5 Å². The Hall–Kier alpha value is -1.48. The Morgan fingerprint density at radius 2 is 1.97 bits per heavy atom. The number of nitrogens with one attached hydrogen (secondary N) is 1. The number of nitrogens with zero attached hydrogens (tertiary/aromatic N) is 3. The molecule has 1 aromatic heterocycles. The maximum Gasteiger partial charge on any atom is 0.422 e. The van der Waals surface area contributed by atoms with Crippen molar-refractivity contribution in [3.8, 4) is 0 Å². The first-order valence-electron chi connectivity index (χ1n) is 11.2. The summed E-state index contributed by atoms with van der Waals surface area (Å²) in [5.41, 5.74) is -0.969. The molecule has 0 amide bonds. The molecule has 1 aromatic rings. The molecule has 0 aromatic carbocycles. The fraction of sp³-hybridized carbons (Fsp3) is 0.727. The Kier molecular flexibility index (Phi) is 9.48. The third kappa shape index (κ3) is 6.28. The minimum atomic E-state index is -4.69. The first-order chi connectivity index (χ1) is 14.6. The van der Waals surface area contributed by atoms with Gasteiger partial charge in [-0.2, -0.15) is 30.9 Å². The smallest absolute Gasteiger partial charge is 0.374 e. The third-order valence-electron chi connectivity index (χ3n) is 5.95. The Labute approximate surface area is 188 Å². The Balaban J connectivity index is 2.17. The van der Waals surface area contributed by atoms with Crippen LogP contribution in [0.1, 0.15) is 75.7 Å². The fourth-order valence-corrected chi connectivity index (χ4v) is 4.71. The van der Waals surface area contributed by atoms with Crippen LogP contribution in [0.15, 0.2) is 17.1 Å². The second-order valence-electron chi connectivity index (χ2n) is 8.13. The number of thiol groups is 1. The molecule has 0 radical (unpaired) electrons. The lowest BCUT2D eigenvalue weighted by Gasteiger charge is -2.34. The summed E-state index contributed by atoms with van der Waals surface area (Å²) in [6.07, 6.45) is 0.425. The normalized spacial score (nSPS) is 17.1. The minimum Gasteiger partial charge on any atom is -0.374 e. The molecule has 5 nitrogen and oxygen atoms in total. The Bertz CT molecular complexity index is 796. The topological polar surface area (TPSA) is 52.2 Å². The van der Waals surface area contributed by atoms with Crippen LogP contribution in [0.3, 0.4) is 0 Å². The third-order valence-corrected chi connectivity index (χ3v) is 6.41. The SMILES string of the molecule is C=C(C(S)CN(CC)C1CCc2c1n[nH]c(=O)c2C(F)(F)F)N(CCC)CCCCC. The Morgan fingerprint density at radius 1 is 1.26 bits per heavy atom. The molecule has 9 heteroatoms. The van der Waals surface area contributed by atoms with Crippen LogP contribution in [0.5, 0.6) is 0 Å². The maximum absolute atomic E-state index is 13.4. The number of alkyl halides is 3. The highest BCUT2D eigenvalue weighted by Crippen LogP contribution is 2.40. The van der Waals surface area contributed by atoms with Gasteiger partial charge in [0.1, 0.15) is 5.56 Å². The van der Waals surface area contributed by atoms with Gasteiger partial charge in [0.05, 0.1) is 17.0 Å². The molecule has 0 saturated heterocycles. The van der Waals surface area contributed by atoms with Crippen molar-refractivity contribution in [2.45, 2.75) is 76.8 Å². The summed E-state index contributed by atoms with van der Waals surface area (Å²) in [7, 11) is 0. The largest absolute Gasteiger partial charge is 0.422 e. The second-order valence-corrected chi connectivity index (χ2v) is 8.76. The van der Waals surface area contributed by atoms with Gasteiger partial charge in [0, 0.05) is 25.3 Å². The van der Waals surface area contributed by atoms with E-state index >= 15 is 0 Å². The van der Waals surface area contributed by atoms with Crippen LogP contribution < -0.4 is 5.56 Å². The van der Waals surface area contributed by atoms with Gasteiger partial charge in [-0.1, -0.05) is 40.2 Å². The summed E-state index contributed by atoms with van der Waals surface area (Å²) in [5.74, 6) is 0. The number of hydrogen-bond donors (Lipinski definition) is 2. The molecular formula is C22H35F3N4OS. The molecule has 0 aliphatic heterocycles. The van der Waals surface area contributed by atoms with E-state index in [4.69, 9.17) is 12.6 Å². The van der Waals surface area contributed by atoms with Crippen LogP contribution in [0.25, 0.3) is 0 Å². The Morgan fingerprint density at radius 3 is 2.55 bits per heavy atom. The molecular weight excluding hydrogens is 425 g/mol. The van der Waals surface area contributed by atoms with Crippen LogP contribution >= 0.6 is 12.6 Å². The molecule has 2 unspecified atom stereocenters. The molecule has 1 N–H and O–H groups in total. The highest BCUT2D eigenvalue weighted by atomic mass is 32.1. The molecule has 2 atom stereocenters. The molecule has 1 aliphatic carbocycles. The van der Waals surface area contributed by atoms with E-state index in [1.807, 2.05) is 6.92 Å². The quantitative estimate of drug-likeness (QED) is 0.347. The number of hydrogen-bond acceptors (Lipinski definition) is 5. The van der Waals surface area contributed by atoms with Crippen LogP contribution in [-0.2, 0) is 12.6 Å². The van der Waals surface area contributed by atoms with Gasteiger partial charge in [0.2, 0.25) is 0 Å². The summed E-state index contributed by atoms with van der Waals surface area (Å²) in [6.45, 7) is 13.6. The monoisotopic (exact) mass is 460 g/mol. The van der Waals surface area contributed by atoms with Crippen molar-refractivity contribution < 1.29 is 13.2 Å². The van der Waals surface area contributed by atoms with E-state index in [1.54, 1.807) is 0 Å². The lowest BCUT2D eigenvalue weighted by Crippen LogP contribution is -2.38. The van der Waals surface area contributed by atoms with Crippen molar-refractivity contribution in [3.63, 3.8) is 0 Å². The number of aromatic amines is 1. The minimum absolute atomic E-state index is 0.0291. The van der Waals surface area contributed by atoms with Gasteiger partial charge in [-0.3, -0.25) is 9.69 Å². The average Bonchev–Trinajstić information content (AvgIpc) is 3.13. The van der Waals surface area contributed by atoms with Crippen molar-refractivity contribution in [3.05, 3.63) is 39.5 Å². The van der Waals surface area contributed by atoms with Gasteiger partial charge in [0.25, 0.3) is 5.56 Å². The first-order valence-corrected chi connectivity index (χ1v) is 11.7. The van der Waals surface area contributed by atoms with Crippen LogP contribution in [-0.4, -0.2) is 51.4 Å². The van der Waals surface area contributed by atoms with E-state index in [1.165, 1.54) is 0 Å². The summed E-state index contributed by atoms with van der Waals surface area (Å²) in [5, 5.41) is 5.93. The average molecular weight is 461 g/mol. The zero-order valence-electron chi connectivity index (χ0n) is 18.8. The highest BCUT2D eigenvalue weighted by Gasteiger charge is 2.42. The first kappa shape index (κ1) is 25.8. The number of halogens is 3. The molecule has 0 spiro atoms. The second kappa shape index (κ2) is 11.4. The number of aromatic nitrogens is 2. The van der Waals surface area contributed by atoms with E-state index in [0.29, 0.717) is 25.2 Å². The van der Waals surface area contributed by atoms with E-state index in [2.05, 4.69) is 40.4 Å². The molecule has 0 fully saturated rings. The van der Waals surface area contributed by atoms with Gasteiger partial charge in [-0.25, -0.2) is 5.10 Å². The molecule has 1 aliphatic rings. The van der Waals surface area contributed by atoms with Crippen molar-refractivity contribution in [2.24, 2.45) is 0 Å². The predicted molar refractivity (Wildman–Crippen MR) is 121 cm³/mol. The molecule has 176 valence electrons. The fourth-order valence-electron chi connectivity index (χ4n) is 4.34. The van der Waals surface area contributed by atoms with E-state index in [9.17, 15) is 18.0 Å². The summed E-state index contributed by atoms with van der Waals surface area (Å²) >= 11 is 4.80. The zero-order chi connectivity index (χ0) is 23.2. The zero-order valence-corrected chi connectivity index (χ0v) is 19.7.